The predicted molar refractivity (Wildman–Crippen MR) is 53.2 cm³/mol. The molecule has 0 aliphatic heterocycles. The Bertz CT molecular complexity index is 279. The fourth-order valence-electron chi connectivity index (χ4n) is 1.00. The van der Waals surface area contributed by atoms with Crippen molar-refractivity contribution in [3.8, 4) is 0 Å². The average molecular weight is 180 g/mol. The Labute approximate surface area is 75.6 Å². The molecular formula is C10H12OS. The Kier molecular flexibility index (Phi) is 3.23. The van der Waals surface area contributed by atoms with Crippen LogP contribution in [0.3, 0.4) is 0 Å². The van der Waals surface area contributed by atoms with Crippen LogP contribution in [0.1, 0.15) is 17.7 Å². The van der Waals surface area contributed by atoms with Gasteiger partial charge in [0.1, 0.15) is 0 Å². The number of hydrogen-bond donors (Lipinski definition) is 0. The summed E-state index contributed by atoms with van der Waals surface area (Å²) in [6.07, 6.45) is 0. The molecule has 64 valence electrons. The SMILES string of the molecule is C=CS(=O)[C@@H](C)c1ccccc1. The predicted octanol–water partition coefficient (Wildman–Crippen LogP) is 2.64. The molecule has 2 heteroatoms. The molecule has 1 nitrogen and oxygen atoms in total. The Hall–Kier alpha value is -0.890. The fraction of sp³-hybridized carbons (Fsp3) is 0.200. The molecular weight excluding hydrogens is 168 g/mol. The summed E-state index contributed by atoms with van der Waals surface area (Å²) in [6, 6.07) is 9.81. The number of rotatable bonds is 3. The zero-order valence-electron chi connectivity index (χ0n) is 7.07. The van der Waals surface area contributed by atoms with Gasteiger partial charge in [-0.1, -0.05) is 36.9 Å². The summed E-state index contributed by atoms with van der Waals surface area (Å²) in [5.74, 6) is 0. The second-order valence-electron chi connectivity index (χ2n) is 2.55. The van der Waals surface area contributed by atoms with Crippen LogP contribution in [-0.4, -0.2) is 4.21 Å². The molecule has 12 heavy (non-hydrogen) atoms. The Balaban J connectivity index is 2.85. The largest absolute Gasteiger partial charge is 0.254 e. The number of hydrogen-bond acceptors (Lipinski definition) is 1. The highest BCUT2D eigenvalue weighted by Crippen LogP contribution is 2.18. The van der Waals surface area contributed by atoms with Gasteiger partial charge < -0.3 is 0 Å². The molecule has 2 atom stereocenters. The van der Waals surface area contributed by atoms with E-state index in [9.17, 15) is 4.21 Å². The highest BCUT2D eigenvalue weighted by Gasteiger charge is 2.08. The molecule has 0 radical (unpaired) electrons. The second-order valence-corrected chi connectivity index (χ2v) is 4.25. The Morgan fingerprint density at radius 3 is 2.50 bits per heavy atom. The van der Waals surface area contributed by atoms with Gasteiger partial charge in [-0.05, 0) is 17.9 Å². The van der Waals surface area contributed by atoms with Crippen LogP contribution in [0.25, 0.3) is 0 Å². The van der Waals surface area contributed by atoms with Gasteiger partial charge in [-0.15, -0.1) is 0 Å². The van der Waals surface area contributed by atoms with Crippen LogP contribution in [0.15, 0.2) is 42.3 Å². The van der Waals surface area contributed by atoms with Gasteiger partial charge in [-0.3, -0.25) is 4.21 Å². The molecule has 0 aliphatic rings. The van der Waals surface area contributed by atoms with Crippen molar-refractivity contribution in [1.29, 1.82) is 0 Å². The van der Waals surface area contributed by atoms with Crippen LogP contribution >= 0.6 is 0 Å². The third-order valence-corrected chi connectivity index (χ3v) is 3.08. The first-order valence-electron chi connectivity index (χ1n) is 3.82. The lowest BCUT2D eigenvalue weighted by Crippen LogP contribution is -1.98. The van der Waals surface area contributed by atoms with Gasteiger partial charge in [0.25, 0.3) is 0 Å². The summed E-state index contributed by atoms with van der Waals surface area (Å²) >= 11 is 0. The van der Waals surface area contributed by atoms with Crippen molar-refractivity contribution in [3.63, 3.8) is 0 Å². The van der Waals surface area contributed by atoms with Gasteiger partial charge in [0, 0.05) is 0 Å². The summed E-state index contributed by atoms with van der Waals surface area (Å²) in [5.41, 5.74) is 1.09. The topological polar surface area (TPSA) is 17.1 Å². The molecule has 0 spiro atoms. The summed E-state index contributed by atoms with van der Waals surface area (Å²) in [4.78, 5) is 0. The molecule has 0 heterocycles. The molecule has 0 amide bonds. The molecule has 0 N–H and O–H groups in total. The maximum atomic E-state index is 11.3. The minimum Gasteiger partial charge on any atom is -0.254 e. The Morgan fingerprint density at radius 2 is 2.00 bits per heavy atom. The first-order valence-corrected chi connectivity index (χ1v) is 5.10. The fourth-order valence-corrected chi connectivity index (χ4v) is 1.72. The van der Waals surface area contributed by atoms with Gasteiger partial charge in [-0.25, -0.2) is 0 Å². The quantitative estimate of drug-likeness (QED) is 0.699. The molecule has 1 aromatic rings. The van der Waals surface area contributed by atoms with E-state index in [1.807, 2.05) is 37.3 Å². The van der Waals surface area contributed by atoms with Crippen molar-refractivity contribution in [2.24, 2.45) is 0 Å². The zero-order valence-corrected chi connectivity index (χ0v) is 7.88. The van der Waals surface area contributed by atoms with Crippen molar-refractivity contribution in [2.45, 2.75) is 12.2 Å². The lowest BCUT2D eigenvalue weighted by Gasteiger charge is -2.07. The minimum atomic E-state index is -0.959. The van der Waals surface area contributed by atoms with Crippen molar-refractivity contribution < 1.29 is 4.21 Å². The first kappa shape index (κ1) is 9.20. The van der Waals surface area contributed by atoms with E-state index in [-0.39, 0.29) is 5.25 Å². The van der Waals surface area contributed by atoms with Gasteiger partial charge in [0.05, 0.1) is 16.0 Å². The smallest absolute Gasteiger partial charge is 0.0609 e. The molecule has 1 rings (SSSR count). The lowest BCUT2D eigenvalue weighted by atomic mass is 10.2. The maximum Gasteiger partial charge on any atom is 0.0609 e. The van der Waals surface area contributed by atoms with Crippen LogP contribution in [-0.2, 0) is 10.8 Å². The molecule has 0 saturated carbocycles. The van der Waals surface area contributed by atoms with Crippen molar-refractivity contribution in [1.82, 2.24) is 0 Å². The molecule has 0 bridgehead atoms. The summed E-state index contributed by atoms with van der Waals surface area (Å²) in [6.45, 7) is 5.44. The third kappa shape index (κ3) is 2.05. The molecule has 0 saturated heterocycles. The van der Waals surface area contributed by atoms with E-state index in [2.05, 4.69) is 6.58 Å². The Morgan fingerprint density at radius 1 is 1.42 bits per heavy atom. The van der Waals surface area contributed by atoms with E-state index in [0.717, 1.165) is 5.56 Å². The monoisotopic (exact) mass is 180 g/mol. The zero-order chi connectivity index (χ0) is 8.97. The van der Waals surface area contributed by atoms with Crippen LogP contribution in [0.2, 0.25) is 0 Å². The first-order chi connectivity index (χ1) is 5.75. The van der Waals surface area contributed by atoms with Crippen LogP contribution in [0, 0.1) is 0 Å². The highest BCUT2D eigenvalue weighted by molar-refractivity contribution is 7.88. The molecule has 0 fully saturated rings. The van der Waals surface area contributed by atoms with Gasteiger partial charge in [-0.2, -0.15) is 0 Å². The molecule has 0 aromatic heterocycles. The van der Waals surface area contributed by atoms with Crippen molar-refractivity contribution in [3.05, 3.63) is 47.9 Å². The number of benzene rings is 1. The van der Waals surface area contributed by atoms with Crippen molar-refractivity contribution in [2.75, 3.05) is 0 Å². The summed E-state index contributed by atoms with van der Waals surface area (Å²) < 4.78 is 11.3. The summed E-state index contributed by atoms with van der Waals surface area (Å²) in [7, 11) is -0.959. The van der Waals surface area contributed by atoms with Gasteiger partial charge in [0.15, 0.2) is 0 Å². The standard InChI is InChI=1S/C10H12OS/c1-3-12(11)9(2)10-7-5-4-6-8-10/h3-9H,1H2,2H3/t9-,12?/m0/s1. The molecule has 1 unspecified atom stereocenters. The highest BCUT2D eigenvalue weighted by atomic mass is 32.2. The van der Waals surface area contributed by atoms with Gasteiger partial charge >= 0.3 is 0 Å². The lowest BCUT2D eigenvalue weighted by molar-refractivity contribution is 0.682. The van der Waals surface area contributed by atoms with E-state index in [1.165, 1.54) is 5.41 Å². The van der Waals surface area contributed by atoms with E-state index in [1.54, 1.807) is 0 Å². The average Bonchev–Trinajstić information content (AvgIpc) is 2.17. The third-order valence-electron chi connectivity index (χ3n) is 1.78. The van der Waals surface area contributed by atoms with Crippen LogP contribution in [0.4, 0.5) is 0 Å². The molecule has 0 aliphatic carbocycles. The van der Waals surface area contributed by atoms with Gasteiger partial charge in [0.2, 0.25) is 0 Å². The normalized spacial score (nSPS) is 15.1. The minimum absolute atomic E-state index is 0.0451. The van der Waals surface area contributed by atoms with Crippen LogP contribution in [0.5, 0.6) is 0 Å². The molecule has 1 aromatic carbocycles. The second kappa shape index (κ2) is 4.21. The van der Waals surface area contributed by atoms with E-state index < -0.39 is 10.8 Å². The van der Waals surface area contributed by atoms with E-state index in [4.69, 9.17) is 0 Å². The van der Waals surface area contributed by atoms with Crippen molar-refractivity contribution >= 4 is 10.8 Å². The maximum absolute atomic E-state index is 11.3. The van der Waals surface area contributed by atoms with E-state index in [0.29, 0.717) is 0 Å². The van der Waals surface area contributed by atoms with E-state index >= 15 is 0 Å². The van der Waals surface area contributed by atoms with Crippen LogP contribution < -0.4 is 0 Å². The summed E-state index contributed by atoms with van der Waals surface area (Å²) in [5, 5.41) is 1.53.